The van der Waals surface area contributed by atoms with Crippen molar-refractivity contribution in [3.05, 3.63) is 70.8 Å². The number of carbonyl (C=O) groups is 2. The maximum Gasteiger partial charge on any atom is 0.254 e. The molecule has 3 atom stereocenters. The van der Waals surface area contributed by atoms with Gasteiger partial charge in [-0.15, -0.1) is 0 Å². The molecule has 174 valence electrons. The van der Waals surface area contributed by atoms with Crippen LogP contribution in [0.4, 0.5) is 0 Å². The molecule has 5 rings (SSSR count). The largest absolute Gasteiger partial charge is 0.390 e. The molecular weight excluding hydrogens is 418 g/mol. The van der Waals surface area contributed by atoms with Gasteiger partial charge in [-0.05, 0) is 61.1 Å². The number of likely N-dealkylation sites (tertiary alicyclic amines) is 1. The van der Waals surface area contributed by atoms with E-state index in [0.717, 1.165) is 25.7 Å². The summed E-state index contributed by atoms with van der Waals surface area (Å²) < 4.78 is 5.80. The summed E-state index contributed by atoms with van der Waals surface area (Å²) in [5.74, 6) is -0.275. The van der Waals surface area contributed by atoms with Crippen LogP contribution in [0.15, 0.2) is 48.5 Å². The van der Waals surface area contributed by atoms with Gasteiger partial charge in [-0.2, -0.15) is 0 Å². The number of benzene rings is 2. The summed E-state index contributed by atoms with van der Waals surface area (Å²) >= 11 is 0. The minimum absolute atomic E-state index is 0.0160. The van der Waals surface area contributed by atoms with Crippen LogP contribution >= 0.6 is 0 Å². The molecule has 3 aliphatic rings. The lowest BCUT2D eigenvalue weighted by Gasteiger charge is -2.32. The van der Waals surface area contributed by atoms with Gasteiger partial charge in [0, 0.05) is 43.3 Å². The second-order valence-corrected chi connectivity index (χ2v) is 9.39. The van der Waals surface area contributed by atoms with Gasteiger partial charge in [-0.3, -0.25) is 9.59 Å². The summed E-state index contributed by atoms with van der Waals surface area (Å²) in [5.41, 5.74) is 3.77. The van der Waals surface area contributed by atoms with Gasteiger partial charge in [0.2, 0.25) is 0 Å². The number of nitrogens with one attached hydrogen (secondary N) is 2. The maximum absolute atomic E-state index is 12.8. The molecule has 2 fully saturated rings. The predicted molar refractivity (Wildman–Crippen MR) is 124 cm³/mol. The van der Waals surface area contributed by atoms with Gasteiger partial charge in [0.05, 0.1) is 18.3 Å². The topological polar surface area (TPSA) is 90.9 Å². The third kappa shape index (κ3) is 5.11. The van der Waals surface area contributed by atoms with Crippen molar-refractivity contribution in [1.82, 2.24) is 15.5 Å². The molecule has 2 saturated heterocycles. The lowest BCUT2D eigenvalue weighted by molar-refractivity contribution is -0.0303. The number of amides is 2. The summed E-state index contributed by atoms with van der Waals surface area (Å²) in [4.78, 5) is 27.1. The number of ether oxygens (including phenoxy) is 1. The molecule has 0 saturated carbocycles. The first-order valence-electron chi connectivity index (χ1n) is 11.9. The fourth-order valence-corrected chi connectivity index (χ4v) is 5.12. The second kappa shape index (κ2) is 9.63. The van der Waals surface area contributed by atoms with E-state index in [1.807, 2.05) is 4.90 Å². The van der Waals surface area contributed by atoms with Crippen LogP contribution in [0.25, 0.3) is 0 Å². The van der Waals surface area contributed by atoms with E-state index < -0.39 is 6.10 Å². The van der Waals surface area contributed by atoms with Crippen LogP contribution in [0.3, 0.4) is 0 Å². The zero-order valence-corrected chi connectivity index (χ0v) is 18.7. The molecule has 0 aromatic heterocycles. The zero-order chi connectivity index (χ0) is 22.8. The third-order valence-corrected chi connectivity index (χ3v) is 6.92. The smallest absolute Gasteiger partial charge is 0.254 e. The van der Waals surface area contributed by atoms with Crippen molar-refractivity contribution in [3.63, 3.8) is 0 Å². The van der Waals surface area contributed by atoms with E-state index in [1.54, 1.807) is 24.3 Å². The van der Waals surface area contributed by atoms with Crippen LogP contribution in [-0.4, -0.2) is 72.4 Å². The molecule has 33 heavy (non-hydrogen) atoms. The summed E-state index contributed by atoms with van der Waals surface area (Å²) in [6.45, 7) is 1.86. The Hall–Kier alpha value is -2.74. The van der Waals surface area contributed by atoms with E-state index in [2.05, 4.69) is 34.9 Å². The molecule has 0 spiro atoms. The minimum Gasteiger partial charge on any atom is -0.390 e. The summed E-state index contributed by atoms with van der Waals surface area (Å²) in [6, 6.07) is 15.5. The normalized spacial score (nSPS) is 22.8. The Morgan fingerprint density at radius 3 is 2.18 bits per heavy atom. The van der Waals surface area contributed by atoms with Crippen molar-refractivity contribution in [3.8, 4) is 0 Å². The molecule has 1 aliphatic carbocycles. The highest BCUT2D eigenvalue weighted by molar-refractivity contribution is 5.97. The maximum atomic E-state index is 12.8. The lowest BCUT2D eigenvalue weighted by atomic mass is 10.1. The Morgan fingerprint density at radius 2 is 1.55 bits per heavy atom. The van der Waals surface area contributed by atoms with Crippen molar-refractivity contribution >= 4 is 11.8 Å². The van der Waals surface area contributed by atoms with Crippen molar-refractivity contribution in [2.75, 3.05) is 26.2 Å². The van der Waals surface area contributed by atoms with E-state index in [-0.39, 0.29) is 30.6 Å². The van der Waals surface area contributed by atoms with Crippen molar-refractivity contribution in [2.24, 2.45) is 0 Å². The number of hydrogen-bond acceptors (Lipinski definition) is 5. The number of rotatable bonds is 7. The van der Waals surface area contributed by atoms with Gasteiger partial charge < -0.3 is 25.4 Å². The Kier molecular flexibility index (Phi) is 6.44. The van der Waals surface area contributed by atoms with Crippen LogP contribution < -0.4 is 10.6 Å². The highest BCUT2D eigenvalue weighted by Crippen LogP contribution is 2.27. The van der Waals surface area contributed by atoms with Crippen LogP contribution in [0.1, 0.15) is 44.7 Å². The highest BCUT2D eigenvalue weighted by atomic mass is 16.5. The van der Waals surface area contributed by atoms with Crippen molar-refractivity contribution < 1.29 is 19.4 Å². The van der Waals surface area contributed by atoms with E-state index in [4.69, 9.17) is 4.74 Å². The standard InChI is InChI=1S/C26H31N3O4/c30-22(13-27-21-11-19-3-1-2-4-20(19)12-21)14-28-25(31)17-5-7-18(8-6-17)26(32)29-15-23-9-10-24(16-29)33-23/h1-8,21-24,27,30H,9-16H2,(H,28,31). The SMILES string of the molecule is O=C(NCC(O)CNC1Cc2ccccc2C1)c1ccc(C(=O)N2CC3CCC(C2)O3)cc1. The molecule has 2 aromatic carbocycles. The van der Waals surface area contributed by atoms with E-state index in [9.17, 15) is 14.7 Å². The molecule has 2 aliphatic heterocycles. The molecule has 0 radical (unpaired) electrons. The van der Waals surface area contributed by atoms with E-state index >= 15 is 0 Å². The fourth-order valence-electron chi connectivity index (χ4n) is 5.12. The third-order valence-electron chi connectivity index (χ3n) is 6.92. The summed E-state index contributed by atoms with van der Waals surface area (Å²) in [7, 11) is 0. The first-order valence-corrected chi connectivity index (χ1v) is 11.9. The Morgan fingerprint density at radius 1 is 0.939 bits per heavy atom. The number of carbonyl (C=O) groups excluding carboxylic acids is 2. The molecule has 2 bridgehead atoms. The number of nitrogens with zero attached hydrogens (tertiary/aromatic N) is 1. The Balaban J connectivity index is 1.06. The van der Waals surface area contributed by atoms with Crippen molar-refractivity contribution in [2.45, 2.75) is 50.0 Å². The molecular formula is C26H31N3O4. The summed E-state index contributed by atoms with van der Waals surface area (Å²) in [5, 5.41) is 16.5. The number of fused-ring (bicyclic) bond motifs is 3. The summed E-state index contributed by atoms with van der Waals surface area (Å²) in [6.07, 6.45) is 3.60. The Labute approximate surface area is 194 Å². The van der Waals surface area contributed by atoms with Gasteiger partial charge in [0.15, 0.2) is 0 Å². The minimum atomic E-state index is -0.671. The first-order chi connectivity index (χ1) is 16.0. The van der Waals surface area contributed by atoms with Gasteiger partial charge >= 0.3 is 0 Å². The second-order valence-electron chi connectivity index (χ2n) is 9.39. The van der Waals surface area contributed by atoms with E-state index in [0.29, 0.717) is 36.8 Å². The van der Waals surface area contributed by atoms with Gasteiger partial charge in [-0.1, -0.05) is 24.3 Å². The molecule has 7 nitrogen and oxygen atoms in total. The molecule has 3 N–H and O–H groups in total. The number of hydrogen-bond donors (Lipinski definition) is 3. The van der Waals surface area contributed by atoms with Crippen LogP contribution in [0.2, 0.25) is 0 Å². The lowest BCUT2D eigenvalue weighted by Crippen LogP contribution is -2.45. The molecule has 7 heteroatoms. The zero-order valence-electron chi connectivity index (χ0n) is 18.7. The highest BCUT2D eigenvalue weighted by Gasteiger charge is 2.36. The van der Waals surface area contributed by atoms with Gasteiger partial charge in [-0.25, -0.2) is 0 Å². The van der Waals surface area contributed by atoms with E-state index in [1.165, 1.54) is 11.1 Å². The van der Waals surface area contributed by atoms with Crippen LogP contribution in [0, 0.1) is 0 Å². The first kappa shape index (κ1) is 22.1. The Bertz CT molecular complexity index is 972. The number of aliphatic hydroxyl groups excluding tert-OH is 1. The quantitative estimate of drug-likeness (QED) is 0.597. The average Bonchev–Trinajstić information content (AvgIpc) is 3.42. The number of aliphatic hydroxyl groups is 1. The molecule has 2 amide bonds. The monoisotopic (exact) mass is 449 g/mol. The van der Waals surface area contributed by atoms with Gasteiger partial charge in [0.25, 0.3) is 11.8 Å². The average molecular weight is 450 g/mol. The van der Waals surface area contributed by atoms with Gasteiger partial charge in [0.1, 0.15) is 0 Å². The fraction of sp³-hybridized carbons (Fsp3) is 0.462. The van der Waals surface area contributed by atoms with Crippen LogP contribution in [-0.2, 0) is 17.6 Å². The van der Waals surface area contributed by atoms with Crippen LogP contribution in [0.5, 0.6) is 0 Å². The predicted octanol–water partition coefficient (Wildman–Crippen LogP) is 1.54. The van der Waals surface area contributed by atoms with Crippen molar-refractivity contribution in [1.29, 1.82) is 0 Å². The molecule has 3 unspecified atom stereocenters. The number of morpholine rings is 1. The molecule has 2 aromatic rings. The molecule has 2 heterocycles.